The van der Waals surface area contributed by atoms with Crippen LogP contribution in [0.25, 0.3) is 5.69 Å². The van der Waals surface area contributed by atoms with Gasteiger partial charge in [-0.1, -0.05) is 18.2 Å². The van der Waals surface area contributed by atoms with Gasteiger partial charge in [0.15, 0.2) is 0 Å². The quantitative estimate of drug-likeness (QED) is 0.764. The van der Waals surface area contributed by atoms with E-state index in [1.807, 2.05) is 29.0 Å². The van der Waals surface area contributed by atoms with Gasteiger partial charge in [0.25, 0.3) is 0 Å². The van der Waals surface area contributed by atoms with Crippen molar-refractivity contribution in [1.82, 2.24) is 19.5 Å². The second-order valence-corrected chi connectivity index (χ2v) is 7.36. The van der Waals surface area contributed by atoms with Crippen molar-refractivity contribution in [1.29, 1.82) is 0 Å². The second-order valence-electron chi connectivity index (χ2n) is 7.36. The Morgan fingerprint density at radius 2 is 2.19 bits per heavy atom. The van der Waals surface area contributed by atoms with E-state index in [0.717, 1.165) is 18.7 Å². The lowest BCUT2D eigenvalue weighted by Crippen LogP contribution is -2.49. The van der Waals surface area contributed by atoms with E-state index in [-0.39, 0.29) is 11.9 Å². The average molecular weight is 366 g/mol. The van der Waals surface area contributed by atoms with Crippen LogP contribution in [0, 0.1) is 5.92 Å². The highest BCUT2D eigenvalue weighted by Gasteiger charge is 2.43. The largest absolute Gasteiger partial charge is 0.335 e. The van der Waals surface area contributed by atoms with E-state index >= 15 is 0 Å². The third kappa shape index (κ3) is 3.55. The zero-order valence-corrected chi connectivity index (χ0v) is 15.7. The summed E-state index contributed by atoms with van der Waals surface area (Å²) in [6.07, 6.45) is 9.42. The molecular formula is C21H26N4O2. The summed E-state index contributed by atoms with van der Waals surface area (Å²) in [5.74, 6) is 0.579. The second kappa shape index (κ2) is 7.66. The molecule has 0 unspecified atom stereocenters. The van der Waals surface area contributed by atoms with Gasteiger partial charge in [-0.15, -0.1) is 6.58 Å². The molecule has 0 saturated carbocycles. The van der Waals surface area contributed by atoms with Gasteiger partial charge in [-0.3, -0.25) is 9.63 Å². The normalized spacial score (nSPS) is 25.4. The van der Waals surface area contributed by atoms with Gasteiger partial charge in [0.1, 0.15) is 0 Å². The Morgan fingerprint density at radius 3 is 2.89 bits per heavy atom. The van der Waals surface area contributed by atoms with Crippen molar-refractivity contribution in [2.45, 2.75) is 31.3 Å². The van der Waals surface area contributed by atoms with E-state index < -0.39 is 0 Å². The number of carbonyl (C=O) groups excluding carboxylic acids is 1. The number of aromatic nitrogens is 2. The van der Waals surface area contributed by atoms with Crippen LogP contribution in [0.5, 0.6) is 0 Å². The monoisotopic (exact) mass is 366 g/mol. The maximum absolute atomic E-state index is 12.9. The van der Waals surface area contributed by atoms with Gasteiger partial charge < -0.3 is 9.47 Å². The highest BCUT2D eigenvalue weighted by molar-refractivity contribution is 5.77. The standard InChI is InChI=1S/C21H26N4O2/c1-3-4-5-21(26)25-13-17-14-27-23(2)19(17)12-20(25)16-6-8-18(9-7-16)24-11-10-22-15-24/h3,6-11,15,17,19-20H,1,4-5,12-14H2,2H3/t17-,19-,20-/m0/s1. The van der Waals surface area contributed by atoms with E-state index in [0.29, 0.717) is 31.4 Å². The van der Waals surface area contributed by atoms with Crippen LogP contribution in [0.15, 0.2) is 55.6 Å². The number of amides is 1. The van der Waals surface area contributed by atoms with Crippen LogP contribution in [0.2, 0.25) is 0 Å². The van der Waals surface area contributed by atoms with Crippen LogP contribution in [0.3, 0.4) is 0 Å². The van der Waals surface area contributed by atoms with Gasteiger partial charge in [-0.25, -0.2) is 4.98 Å². The molecule has 0 spiro atoms. The SMILES string of the molecule is C=CCCC(=O)N1C[C@H]2CON(C)[C@H]2C[C@H]1c1ccc(-n2ccnc2)cc1. The Hall–Kier alpha value is -2.44. The van der Waals surface area contributed by atoms with E-state index in [1.165, 1.54) is 5.56 Å². The van der Waals surface area contributed by atoms with Crippen LogP contribution in [0.1, 0.15) is 30.9 Å². The number of piperidine rings is 1. The van der Waals surface area contributed by atoms with E-state index in [2.05, 4.69) is 40.7 Å². The number of imidazole rings is 1. The van der Waals surface area contributed by atoms with E-state index in [1.54, 1.807) is 12.5 Å². The Labute approximate surface area is 160 Å². The molecule has 2 fully saturated rings. The Kier molecular flexibility index (Phi) is 5.09. The number of hydroxylamine groups is 2. The Balaban J connectivity index is 1.59. The lowest BCUT2D eigenvalue weighted by molar-refractivity contribution is -0.139. The molecule has 1 amide bonds. The fourth-order valence-electron chi connectivity index (χ4n) is 4.21. The molecule has 142 valence electrons. The molecule has 2 aliphatic heterocycles. The van der Waals surface area contributed by atoms with Crippen molar-refractivity contribution in [3.05, 3.63) is 61.2 Å². The fraction of sp³-hybridized carbons (Fsp3) is 0.429. The molecule has 0 radical (unpaired) electrons. The predicted octanol–water partition coefficient (Wildman–Crippen LogP) is 2.97. The number of hydrogen-bond acceptors (Lipinski definition) is 4. The summed E-state index contributed by atoms with van der Waals surface area (Å²) in [7, 11) is 2.00. The van der Waals surface area contributed by atoms with Crippen LogP contribution in [0.4, 0.5) is 0 Å². The molecule has 1 aromatic heterocycles. The van der Waals surface area contributed by atoms with Crippen molar-refractivity contribution in [3.63, 3.8) is 0 Å². The van der Waals surface area contributed by atoms with Crippen LogP contribution in [-0.4, -0.2) is 51.7 Å². The zero-order valence-electron chi connectivity index (χ0n) is 15.7. The van der Waals surface area contributed by atoms with Crippen LogP contribution in [-0.2, 0) is 9.63 Å². The summed E-state index contributed by atoms with van der Waals surface area (Å²) < 4.78 is 1.98. The van der Waals surface area contributed by atoms with Crippen LogP contribution < -0.4 is 0 Å². The molecule has 2 aromatic rings. The van der Waals surface area contributed by atoms with E-state index in [4.69, 9.17) is 4.84 Å². The molecule has 27 heavy (non-hydrogen) atoms. The Morgan fingerprint density at radius 1 is 1.37 bits per heavy atom. The average Bonchev–Trinajstić information content (AvgIpc) is 3.36. The first-order valence-corrected chi connectivity index (χ1v) is 9.51. The first-order valence-electron chi connectivity index (χ1n) is 9.51. The highest BCUT2D eigenvalue weighted by Crippen LogP contribution is 2.39. The minimum atomic E-state index is 0.0737. The summed E-state index contributed by atoms with van der Waals surface area (Å²) in [6.45, 7) is 5.19. The van der Waals surface area contributed by atoms with Gasteiger partial charge in [0.2, 0.25) is 5.91 Å². The van der Waals surface area contributed by atoms with Gasteiger partial charge in [-0.05, 0) is 30.5 Å². The first kappa shape index (κ1) is 17.9. The number of rotatable bonds is 5. The molecule has 4 rings (SSSR count). The van der Waals surface area contributed by atoms with Crippen molar-refractivity contribution in [2.75, 3.05) is 20.2 Å². The molecule has 3 atom stereocenters. The van der Waals surface area contributed by atoms with Crippen molar-refractivity contribution < 1.29 is 9.63 Å². The first-order chi connectivity index (χ1) is 13.2. The number of hydrogen-bond donors (Lipinski definition) is 0. The molecule has 0 N–H and O–H groups in total. The maximum atomic E-state index is 12.9. The van der Waals surface area contributed by atoms with Gasteiger partial charge in [-0.2, -0.15) is 5.06 Å². The number of benzene rings is 1. The highest BCUT2D eigenvalue weighted by atomic mass is 16.7. The number of carbonyl (C=O) groups is 1. The molecule has 6 heteroatoms. The van der Waals surface area contributed by atoms with Crippen LogP contribution >= 0.6 is 0 Å². The molecule has 2 aliphatic rings. The minimum absolute atomic E-state index is 0.0737. The number of likely N-dealkylation sites (tertiary alicyclic amines) is 1. The molecule has 2 saturated heterocycles. The van der Waals surface area contributed by atoms with Gasteiger partial charge in [0.05, 0.1) is 19.0 Å². The lowest BCUT2D eigenvalue weighted by Gasteiger charge is -2.42. The summed E-state index contributed by atoms with van der Waals surface area (Å²) in [5.41, 5.74) is 2.24. The smallest absolute Gasteiger partial charge is 0.223 e. The third-order valence-electron chi connectivity index (χ3n) is 5.74. The molecule has 0 bridgehead atoms. The summed E-state index contributed by atoms with van der Waals surface area (Å²) >= 11 is 0. The van der Waals surface area contributed by atoms with E-state index in [9.17, 15) is 4.79 Å². The predicted molar refractivity (Wildman–Crippen MR) is 103 cm³/mol. The molecule has 0 aliphatic carbocycles. The number of fused-ring (bicyclic) bond motifs is 1. The van der Waals surface area contributed by atoms with Gasteiger partial charge in [0, 0.05) is 50.1 Å². The number of nitrogens with zero attached hydrogens (tertiary/aromatic N) is 4. The topological polar surface area (TPSA) is 50.6 Å². The van der Waals surface area contributed by atoms with Gasteiger partial charge >= 0.3 is 0 Å². The third-order valence-corrected chi connectivity index (χ3v) is 5.74. The zero-order chi connectivity index (χ0) is 18.8. The lowest BCUT2D eigenvalue weighted by atomic mass is 9.85. The van der Waals surface area contributed by atoms with Crippen molar-refractivity contribution in [2.24, 2.45) is 5.92 Å². The summed E-state index contributed by atoms with van der Waals surface area (Å²) in [4.78, 5) is 24.8. The molecule has 6 nitrogen and oxygen atoms in total. The molecular weight excluding hydrogens is 340 g/mol. The van der Waals surface area contributed by atoms with Crippen molar-refractivity contribution in [3.8, 4) is 5.69 Å². The maximum Gasteiger partial charge on any atom is 0.223 e. The summed E-state index contributed by atoms with van der Waals surface area (Å²) in [5, 5.41) is 1.98. The number of allylic oxidation sites excluding steroid dienone is 1. The molecule has 3 heterocycles. The summed E-state index contributed by atoms with van der Waals surface area (Å²) in [6, 6.07) is 8.86. The minimum Gasteiger partial charge on any atom is -0.335 e. The fourth-order valence-corrected chi connectivity index (χ4v) is 4.21. The molecule has 1 aromatic carbocycles. The Bertz CT molecular complexity index is 787. The van der Waals surface area contributed by atoms with Crippen molar-refractivity contribution >= 4 is 5.91 Å².